The highest BCUT2D eigenvalue weighted by molar-refractivity contribution is 6.02. The number of nitrogens with one attached hydrogen (secondary N) is 2. The van der Waals surface area contributed by atoms with E-state index < -0.39 is 0 Å². The SMILES string of the molecule is CCC1=C(C)c2nc1cc1[nH]c(cc3nc(cc4[nH]c(c(C)c4CC)c2-c2cc(OC)ccc2OC)C(C)=C3CCC(=O)OC)c(CCC(=O)OC)c1C. The Morgan fingerprint density at radius 3 is 1.94 bits per heavy atom. The maximum Gasteiger partial charge on any atom is 0.305 e. The molecule has 1 aromatic carbocycles. The first-order chi connectivity index (χ1) is 26.0. The third-order valence-corrected chi connectivity index (χ3v) is 10.9. The van der Waals surface area contributed by atoms with E-state index in [0.717, 1.165) is 108 Å². The van der Waals surface area contributed by atoms with Crippen LogP contribution in [0.3, 0.4) is 0 Å². The normalized spacial score (nSPS) is 12.7. The number of hydrogen-bond donors (Lipinski definition) is 2. The molecule has 0 amide bonds. The lowest BCUT2D eigenvalue weighted by Crippen LogP contribution is -2.02. The number of methoxy groups -OCH3 is 4. The summed E-state index contributed by atoms with van der Waals surface area (Å²) in [6.07, 6.45) is 2.94. The molecule has 0 aliphatic carbocycles. The monoisotopic (exact) mass is 730 g/mol. The molecule has 6 rings (SSSR count). The fourth-order valence-electron chi connectivity index (χ4n) is 7.83. The fraction of sp³-hybridized carbons (Fsp3) is 0.364. The minimum absolute atomic E-state index is 0.220. The van der Waals surface area contributed by atoms with E-state index in [1.165, 1.54) is 19.8 Å². The molecule has 0 saturated heterocycles. The molecule has 0 saturated carbocycles. The van der Waals surface area contributed by atoms with Crippen molar-refractivity contribution in [2.24, 2.45) is 0 Å². The Morgan fingerprint density at radius 1 is 0.648 bits per heavy atom. The van der Waals surface area contributed by atoms with Crippen molar-refractivity contribution in [2.75, 3.05) is 28.4 Å². The second-order valence-electron chi connectivity index (χ2n) is 13.7. The minimum atomic E-state index is -0.283. The lowest BCUT2D eigenvalue weighted by Gasteiger charge is -2.14. The number of hydrogen-bond acceptors (Lipinski definition) is 8. The van der Waals surface area contributed by atoms with Crippen LogP contribution in [0.1, 0.15) is 98.4 Å². The molecule has 2 aliphatic rings. The van der Waals surface area contributed by atoms with Crippen LogP contribution in [0, 0.1) is 13.8 Å². The summed E-state index contributed by atoms with van der Waals surface area (Å²) in [5.74, 6) is 0.845. The summed E-state index contributed by atoms with van der Waals surface area (Å²) in [5.41, 5.74) is 17.2. The van der Waals surface area contributed by atoms with Crippen molar-refractivity contribution in [3.8, 4) is 22.6 Å². The Balaban J connectivity index is 1.83. The van der Waals surface area contributed by atoms with E-state index in [9.17, 15) is 9.59 Å². The van der Waals surface area contributed by atoms with Crippen molar-refractivity contribution in [3.05, 3.63) is 81.4 Å². The summed E-state index contributed by atoms with van der Waals surface area (Å²) in [6.45, 7) is 12.7. The molecule has 8 bridgehead atoms. The highest BCUT2D eigenvalue weighted by atomic mass is 16.5. The number of esters is 2. The second-order valence-corrected chi connectivity index (χ2v) is 13.7. The molecular formula is C44H50N4O6. The maximum absolute atomic E-state index is 12.4. The molecule has 3 aromatic heterocycles. The van der Waals surface area contributed by atoms with Gasteiger partial charge >= 0.3 is 11.9 Å². The fourth-order valence-corrected chi connectivity index (χ4v) is 7.83. The molecule has 0 radical (unpaired) electrons. The number of carbonyl (C=O) groups excluding carboxylic acids is 2. The molecule has 0 fully saturated rings. The van der Waals surface area contributed by atoms with E-state index in [1.54, 1.807) is 14.2 Å². The number of benzene rings is 1. The predicted octanol–water partition coefficient (Wildman–Crippen LogP) is 9.51. The molecule has 2 N–H and O–H groups in total. The molecule has 10 heteroatoms. The van der Waals surface area contributed by atoms with Gasteiger partial charge in [-0.1, -0.05) is 13.8 Å². The molecule has 5 heterocycles. The number of H-pyrrole nitrogens is 2. The van der Waals surface area contributed by atoms with Gasteiger partial charge < -0.3 is 28.9 Å². The van der Waals surface area contributed by atoms with Gasteiger partial charge in [-0.2, -0.15) is 0 Å². The van der Waals surface area contributed by atoms with Crippen LogP contribution in [0.15, 0.2) is 36.4 Å². The number of aromatic amines is 2. The van der Waals surface area contributed by atoms with Gasteiger partial charge in [-0.15, -0.1) is 0 Å². The minimum Gasteiger partial charge on any atom is -0.497 e. The van der Waals surface area contributed by atoms with Crippen molar-refractivity contribution in [1.29, 1.82) is 0 Å². The molecule has 10 nitrogen and oxygen atoms in total. The summed E-state index contributed by atoms with van der Waals surface area (Å²) in [4.78, 5) is 42.9. The van der Waals surface area contributed by atoms with Crippen LogP contribution in [0.25, 0.3) is 55.5 Å². The first-order valence-corrected chi connectivity index (χ1v) is 18.5. The third-order valence-electron chi connectivity index (χ3n) is 10.9. The van der Waals surface area contributed by atoms with E-state index in [4.69, 9.17) is 28.9 Å². The van der Waals surface area contributed by atoms with Crippen LogP contribution in [-0.2, 0) is 31.9 Å². The van der Waals surface area contributed by atoms with Crippen molar-refractivity contribution < 1.29 is 28.5 Å². The molecule has 54 heavy (non-hydrogen) atoms. The van der Waals surface area contributed by atoms with Crippen LogP contribution in [0.2, 0.25) is 0 Å². The van der Waals surface area contributed by atoms with Gasteiger partial charge in [0.05, 0.1) is 56.7 Å². The Labute approximate surface area is 316 Å². The molecular weight excluding hydrogens is 681 g/mol. The standard InChI is InChI=1S/C44H50N4O6/c1-11-28-25(5)43-42(32-19-27(51-7)13-16-39(32)52-8)44-26(6)29(12-2)36(48-44)21-34-24(4)31(15-18-41(50)54-10)38(46-34)22-37-30(14-17-40(49)53-9)23(3)33(45-37)20-35(28)47-43/h13,16,19-22,45,48H,11-12,14-15,17-18H2,1-10H3. The number of fused-ring (bicyclic) bond motifs is 8. The summed E-state index contributed by atoms with van der Waals surface area (Å²) >= 11 is 0. The molecule has 0 spiro atoms. The number of aryl methyl sites for hydroxylation is 4. The molecule has 2 aliphatic heterocycles. The average molecular weight is 731 g/mol. The molecule has 0 unspecified atom stereocenters. The zero-order valence-electron chi connectivity index (χ0n) is 33.1. The average Bonchev–Trinajstić information content (AvgIpc) is 3.85. The van der Waals surface area contributed by atoms with Gasteiger partial charge in [0.25, 0.3) is 0 Å². The van der Waals surface area contributed by atoms with Crippen LogP contribution in [-0.4, -0.2) is 60.3 Å². The Bertz CT molecular complexity index is 2390. The number of aromatic nitrogens is 4. The van der Waals surface area contributed by atoms with Gasteiger partial charge in [-0.05, 0) is 134 Å². The van der Waals surface area contributed by atoms with E-state index >= 15 is 0 Å². The number of allylic oxidation sites excluding steroid dienone is 4. The molecule has 0 atom stereocenters. The van der Waals surface area contributed by atoms with Crippen LogP contribution >= 0.6 is 0 Å². The number of rotatable bonds is 11. The quantitative estimate of drug-likeness (QED) is 0.146. The Kier molecular flexibility index (Phi) is 11.1. The van der Waals surface area contributed by atoms with Gasteiger partial charge in [0.1, 0.15) is 11.5 Å². The van der Waals surface area contributed by atoms with E-state index in [0.29, 0.717) is 24.3 Å². The van der Waals surface area contributed by atoms with Gasteiger partial charge in [0, 0.05) is 40.5 Å². The maximum atomic E-state index is 12.4. The topological polar surface area (TPSA) is 128 Å². The van der Waals surface area contributed by atoms with Crippen molar-refractivity contribution in [1.82, 2.24) is 19.9 Å². The zero-order chi connectivity index (χ0) is 38.8. The Hall–Kier alpha value is -5.64. The smallest absolute Gasteiger partial charge is 0.305 e. The second kappa shape index (κ2) is 15.8. The van der Waals surface area contributed by atoms with E-state index in [-0.39, 0.29) is 24.8 Å². The lowest BCUT2D eigenvalue weighted by atomic mass is 9.95. The highest BCUT2D eigenvalue weighted by Crippen LogP contribution is 2.45. The van der Waals surface area contributed by atoms with Crippen molar-refractivity contribution in [3.63, 3.8) is 0 Å². The van der Waals surface area contributed by atoms with Crippen molar-refractivity contribution in [2.45, 2.75) is 80.1 Å². The first kappa shape index (κ1) is 38.1. The number of nitrogens with zero attached hydrogens (tertiary/aromatic N) is 2. The number of ether oxygens (including phenoxy) is 4. The van der Waals surface area contributed by atoms with E-state index in [1.807, 2.05) is 24.3 Å². The van der Waals surface area contributed by atoms with Gasteiger partial charge in [-0.3, -0.25) is 9.59 Å². The summed E-state index contributed by atoms with van der Waals surface area (Å²) in [7, 11) is 6.16. The van der Waals surface area contributed by atoms with Crippen LogP contribution in [0.4, 0.5) is 0 Å². The van der Waals surface area contributed by atoms with E-state index in [2.05, 4.69) is 63.6 Å². The van der Waals surface area contributed by atoms with Crippen LogP contribution < -0.4 is 9.47 Å². The van der Waals surface area contributed by atoms with Crippen LogP contribution in [0.5, 0.6) is 11.5 Å². The van der Waals surface area contributed by atoms with Gasteiger partial charge in [0.15, 0.2) is 0 Å². The van der Waals surface area contributed by atoms with Gasteiger partial charge in [-0.25, -0.2) is 9.97 Å². The summed E-state index contributed by atoms with van der Waals surface area (Å²) < 4.78 is 21.8. The largest absolute Gasteiger partial charge is 0.497 e. The third kappa shape index (κ3) is 6.93. The van der Waals surface area contributed by atoms with Crippen molar-refractivity contribution >= 4 is 56.3 Å². The Morgan fingerprint density at radius 2 is 1.30 bits per heavy atom. The zero-order valence-corrected chi connectivity index (χ0v) is 33.1. The molecule has 4 aromatic rings. The number of carbonyl (C=O) groups is 2. The lowest BCUT2D eigenvalue weighted by molar-refractivity contribution is -0.141. The summed E-state index contributed by atoms with van der Waals surface area (Å²) in [5, 5.41) is 0. The highest BCUT2D eigenvalue weighted by Gasteiger charge is 2.26. The predicted molar refractivity (Wildman–Crippen MR) is 215 cm³/mol. The van der Waals surface area contributed by atoms with Gasteiger partial charge in [0.2, 0.25) is 0 Å². The first-order valence-electron chi connectivity index (χ1n) is 18.5. The summed E-state index contributed by atoms with van der Waals surface area (Å²) in [6, 6.07) is 12.1. The molecule has 282 valence electrons.